The Balaban J connectivity index is 1.87. The second-order valence-corrected chi connectivity index (χ2v) is 5.33. The van der Waals surface area contributed by atoms with Gasteiger partial charge in [0.15, 0.2) is 5.11 Å². The molecule has 2 N–H and O–H groups in total. The first kappa shape index (κ1) is 16.2. The molecule has 116 valence electrons. The van der Waals surface area contributed by atoms with Gasteiger partial charge in [-0.15, -0.1) is 0 Å². The number of aryl methyl sites for hydroxylation is 1. The lowest BCUT2D eigenvalue weighted by Crippen LogP contribution is -2.30. The molecule has 0 spiro atoms. The third-order valence-electron chi connectivity index (χ3n) is 3.24. The molecule has 0 radical (unpaired) electrons. The van der Waals surface area contributed by atoms with Crippen LogP contribution in [0.1, 0.15) is 11.1 Å². The molecule has 2 aromatic rings. The van der Waals surface area contributed by atoms with Crippen LogP contribution >= 0.6 is 12.2 Å². The van der Waals surface area contributed by atoms with Gasteiger partial charge in [0.05, 0.1) is 12.8 Å². The van der Waals surface area contributed by atoms with Gasteiger partial charge in [0.2, 0.25) is 0 Å². The number of thiocarbonyl (C=S) groups is 1. The summed E-state index contributed by atoms with van der Waals surface area (Å²) in [5.41, 5.74) is 2.67. The zero-order valence-corrected chi connectivity index (χ0v) is 13.5. The molecule has 22 heavy (non-hydrogen) atoms. The molecule has 0 aliphatic rings. The number of halogens is 1. The van der Waals surface area contributed by atoms with E-state index in [0.717, 1.165) is 17.7 Å². The van der Waals surface area contributed by atoms with Gasteiger partial charge in [0.1, 0.15) is 11.6 Å². The van der Waals surface area contributed by atoms with Gasteiger partial charge in [-0.2, -0.15) is 0 Å². The van der Waals surface area contributed by atoms with Gasteiger partial charge >= 0.3 is 0 Å². The Labute approximate surface area is 135 Å². The predicted octanol–water partition coefficient (Wildman–Crippen LogP) is 3.67. The van der Waals surface area contributed by atoms with E-state index < -0.39 is 0 Å². The molecule has 0 fully saturated rings. The number of ether oxygens (including phenoxy) is 1. The van der Waals surface area contributed by atoms with Crippen molar-refractivity contribution in [3.8, 4) is 5.75 Å². The number of benzene rings is 2. The number of anilines is 1. The molecule has 0 atom stereocenters. The third kappa shape index (κ3) is 4.43. The molecule has 0 saturated heterocycles. The van der Waals surface area contributed by atoms with Crippen LogP contribution in [0.15, 0.2) is 42.5 Å². The maximum atomic E-state index is 13.5. The maximum absolute atomic E-state index is 13.5. The van der Waals surface area contributed by atoms with Gasteiger partial charge in [0.25, 0.3) is 0 Å². The Hall–Kier alpha value is -2.14. The topological polar surface area (TPSA) is 33.3 Å². The van der Waals surface area contributed by atoms with E-state index in [1.807, 2.05) is 19.1 Å². The van der Waals surface area contributed by atoms with E-state index in [0.29, 0.717) is 17.3 Å². The second-order valence-electron chi connectivity index (χ2n) is 4.93. The zero-order chi connectivity index (χ0) is 15.9. The van der Waals surface area contributed by atoms with E-state index in [4.69, 9.17) is 17.0 Å². The third-order valence-corrected chi connectivity index (χ3v) is 3.48. The number of nitrogens with one attached hydrogen (secondary N) is 2. The quantitative estimate of drug-likeness (QED) is 0.824. The van der Waals surface area contributed by atoms with Crippen molar-refractivity contribution >= 4 is 23.0 Å². The lowest BCUT2D eigenvalue weighted by molar-refractivity contribution is 0.409. The number of hydrogen-bond donors (Lipinski definition) is 2. The van der Waals surface area contributed by atoms with Crippen molar-refractivity contribution in [1.29, 1.82) is 0 Å². The first-order valence-corrected chi connectivity index (χ1v) is 7.44. The fourth-order valence-electron chi connectivity index (χ4n) is 2.14. The molecule has 0 amide bonds. The molecule has 3 nitrogen and oxygen atoms in total. The van der Waals surface area contributed by atoms with Crippen LogP contribution in [-0.2, 0) is 6.42 Å². The zero-order valence-electron chi connectivity index (χ0n) is 12.7. The Morgan fingerprint density at radius 3 is 2.73 bits per heavy atom. The van der Waals surface area contributed by atoms with E-state index in [1.54, 1.807) is 25.3 Å². The second kappa shape index (κ2) is 7.75. The minimum Gasteiger partial charge on any atom is -0.496 e. The van der Waals surface area contributed by atoms with Gasteiger partial charge in [-0.05, 0) is 49.3 Å². The average molecular weight is 318 g/mol. The van der Waals surface area contributed by atoms with Gasteiger partial charge in [-0.25, -0.2) is 4.39 Å². The van der Waals surface area contributed by atoms with Crippen LogP contribution in [0.3, 0.4) is 0 Å². The van der Waals surface area contributed by atoms with Crippen molar-refractivity contribution in [2.75, 3.05) is 19.0 Å². The fraction of sp³-hybridized carbons (Fsp3) is 0.235. The van der Waals surface area contributed by atoms with Gasteiger partial charge in [0, 0.05) is 6.54 Å². The minimum absolute atomic E-state index is 0.327. The Morgan fingerprint density at radius 2 is 2.00 bits per heavy atom. The van der Waals surface area contributed by atoms with E-state index in [9.17, 15) is 4.39 Å². The van der Waals surface area contributed by atoms with Crippen LogP contribution in [0.4, 0.5) is 10.1 Å². The number of para-hydroxylation sites is 1. The highest BCUT2D eigenvalue weighted by Crippen LogP contribution is 2.19. The SMILES string of the molecule is COc1ccc(C)cc1CCNC(=S)Nc1ccccc1F. The molecule has 0 unspecified atom stereocenters. The van der Waals surface area contributed by atoms with Crippen LogP contribution < -0.4 is 15.4 Å². The molecule has 0 aromatic heterocycles. The molecule has 0 heterocycles. The van der Waals surface area contributed by atoms with Crippen LogP contribution in [0.25, 0.3) is 0 Å². The molecule has 0 saturated carbocycles. The Morgan fingerprint density at radius 1 is 1.23 bits per heavy atom. The first-order valence-electron chi connectivity index (χ1n) is 7.03. The van der Waals surface area contributed by atoms with Crippen molar-refractivity contribution in [3.63, 3.8) is 0 Å². The molecule has 2 rings (SSSR count). The summed E-state index contributed by atoms with van der Waals surface area (Å²) in [6.07, 6.45) is 0.768. The molecule has 0 aliphatic carbocycles. The monoisotopic (exact) mass is 318 g/mol. The summed E-state index contributed by atoms with van der Waals surface area (Å²) in [5, 5.41) is 6.33. The van der Waals surface area contributed by atoms with Crippen molar-refractivity contribution in [1.82, 2.24) is 5.32 Å². The number of methoxy groups -OCH3 is 1. The molecule has 0 bridgehead atoms. The van der Waals surface area contributed by atoms with E-state index in [2.05, 4.69) is 16.7 Å². The molecule has 0 aliphatic heterocycles. The fourth-order valence-corrected chi connectivity index (χ4v) is 2.35. The summed E-state index contributed by atoms with van der Waals surface area (Å²) < 4.78 is 18.9. The molecule has 5 heteroatoms. The summed E-state index contributed by atoms with van der Waals surface area (Å²) in [5.74, 6) is 0.535. The number of hydrogen-bond acceptors (Lipinski definition) is 2. The largest absolute Gasteiger partial charge is 0.496 e. The van der Waals surface area contributed by atoms with Crippen LogP contribution in [-0.4, -0.2) is 18.8 Å². The predicted molar refractivity (Wildman–Crippen MR) is 92.1 cm³/mol. The Kier molecular flexibility index (Phi) is 5.72. The van der Waals surface area contributed by atoms with E-state index >= 15 is 0 Å². The molecular weight excluding hydrogens is 299 g/mol. The average Bonchev–Trinajstić information content (AvgIpc) is 2.50. The van der Waals surface area contributed by atoms with E-state index in [1.165, 1.54) is 11.6 Å². The summed E-state index contributed by atoms with van der Waals surface area (Å²) in [7, 11) is 1.66. The van der Waals surface area contributed by atoms with E-state index in [-0.39, 0.29) is 5.82 Å². The van der Waals surface area contributed by atoms with Gasteiger partial charge < -0.3 is 15.4 Å². The summed E-state index contributed by atoms with van der Waals surface area (Å²) in [4.78, 5) is 0. The smallest absolute Gasteiger partial charge is 0.170 e. The maximum Gasteiger partial charge on any atom is 0.170 e. The van der Waals surface area contributed by atoms with Crippen molar-refractivity contribution < 1.29 is 9.13 Å². The molecular formula is C17H19FN2OS. The van der Waals surface area contributed by atoms with Gasteiger partial charge in [-0.1, -0.05) is 29.8 Å². The van der Waals surface area contributed by atoms with Gasteiger partial charge in [-0.3, -0.25) is 0 Å². The normalized spacial score (nSPS) is 10.1. The lowest BCUT2D eigenvalue weighted by Gasteiger charge is -2.13. The molecule has 2 aromatic carbocycles. The summed E-state index contributed by atoms with van der Waals surface area (Å²) in [6.45, 7) is 2.68. The minimum atomic E-state index is -0.327. The highest BCUT2D eigenvalue weighted by molar-refractivity contribution is 7.80. The highest BCUT2D eigenvalue weighted by atomic mass is 32.1. The van der Waals surface area contributed by atoms with Crippen LogP contribution in [0, 0.1) is 12.7 Å². The summed E-state index contributed by atoms with van der Waals surface area (Å²) >= 11 is 5.18. The van der Waals surface area contributed by atoms with Crippen LogP contribution in [0.2, 0.25) is 0 Å². The van der Waals surface area contributed by atoms with Crippen LogP contribution in [0.5, 0.6) is 5.75 Å². The lowest BCUT2D eigenvalue weighted by atomic mass is 10.1. The van der Waals surface area contributed by atoms with Crippen molar-refractivity contribution in [2.45, 2.75) is 13.3 Å². The number of rotatable bonds is 5. The highest BCUT2D eigenvalue weighted by Gasteiger charge is 2.05. The van der Waals surface area contributed by atoms with Crippen molar-refractivity contribution in [2.24, 2.45) is 0 Å². The Bertz CT molecular complexity index is 661. The summed E-state index contributed by atoms with van der Waals surface area (Å²) in [6, 6.07) is 12.5. The van der Waals surface area contributed by atoms with Crippen molar-refractivity contribution in [3.05, 3.63) is 59.4 Å². The first-order chi connectivity index (χ1) is 10.6. The standard InChI is InChI=1S/C17H19FN2OS/c1-12-7-8-16(21-2)13(11-12)9-10-19-17(22)20-15-6-4-3-5-14(15)18/h3-8,11H,9-10H2,1-2H3,(H2,19,20,22).